The molecule has 32 heavy (non-hydrogen) atoms. The first-order valence-corrected chi connectivity index (χ1v) is 10.5. The lowest BCUT2D eigenvalue weighted by molar-refractivity contribution is 0.0954. The molecule has 0 aliphatic carbocycles. The molecule has 0 bridgehead atoms. The second kappa shape index (κ2) is 9.05. The lowest BCUT2D eigenvalue weighted by atomic mass is 10.1. The van der Waals surface area contributed by atoms with Gasteiger partial charge in [0.2, 0.25) is 0 Å². The standard InChI is InChI=1S/C24H26N6O2/c1-15(2)11-12-26-24(31)20-21-23(29-19-10-5-4-9-18(19)28-21)30(22(20)25)27-14-16-7-6-8-17(13-16)32-3/h4-10,13-15H,11-12,25H2,1-3H3,(H,26,31)/b27-14-. The molecule has 0 radical (unpaired) electrons. The highest BCUT2D eigenvalue weighted by molar-refractivity contribution is 6.10. The third-order valence-electron chi connectivity index (χ3n) is 5.12. The smallest absolute Gasteiger partial charge is 0.257 e. The lowest BCUT2D eigenvalue weighted by Crippen LogP contribution is -2.26. The highest BCUT2D eigenvalue weighted by Crippen LogP contribution is 2.28. The van der Waals surface area contributed by atoms with Crippen molar-refractivity contribution in [3.63, 3.8) is 0 Å². The molecule has 0 saturated carbocycles. The number of para-hydroxylation sites is 2. The number of ether oxygens (including phenoxy) is 1. The zero-order valence-electron chi connectivity index (χ0n) is 18.4. The number of nitrogens with zero attached hydrogens (tertiary/aromatic N) is 4. The number of amides is 1. The number of aromatic nitrogens is 3. The Kier molecular flexibility index (Phi) is 6.02. The summed E-state index contributed by atoms with van der Waals surface area (Å²) in [6, 6.07) is 15.0. The van der Waals surface area contributed by atoms with Gasteiger partial charge in [-0.1, -0.05) is 38.1 Å². The summed E-state index contributed by atoms with van der Waals surface area (Å²) < 4.78 is 6.73. The lowest BCUT2D eigenvalue weighted by Gasteiger charge is -2.07. The first-order chi connectivity index (χ1) is 15.5. The van der Waals surface area contributed by atoms with Gasteiger partial charge in [0.1, 0.15) is 22.6 Å². The molecular weight excluding hydrogens is 404 g/mol. The maximum Gasteiger partial charge on any atom is 0.257 e. The number of hydrogen-bond acceptors (Lipinski definition) is 6. The minimum atomic E-state index is -0.284. The fraction of sp³-hybridized carbons (Fsp3) is 0.250. The van der Waals surface area contributed by atoms with Gasteiger partial charge in [0.05, 0.1) is 24.4 Å². The topological polar surface area (TPSA) is 107 Å². The monoisotopic (exact) mass is 430 g/mol. The Labute approximate surface area is 186 Å². The van der Waals surface area contributed by atoms with Crippen molar-refractivity contribution in [1.82, 2.24) is 20.0 Å². The number of nitrogens with one attached hydrogen (secondary N) is 1. The highest BCUT2D eigenvalue weighted by Gasteiger charge is 2.23. The average molecular weight is 431 g/mol. The Balaban J connectivity index is 1.82. The van der Waals surface area contributed by atoms with E-state index in [0.29, 0.717) is 34.7 Å². The third kappa shape index (κ3) is 4.25. The molecule has 2 aromatic heterocycles. The van der Waals surface area contributed by atoms with Gasteiger partial charge in [0.15, 0.2) is 5.65 Å². The van der Waals surface area contributed by atoms with Gasteiger partial charge in [0.25, 0.3) is 5.91 Å². The summed E-state index contributed by atoms with van der Waals surface area (Å²) in [7, 11) is 1.61. The number of hydrogen-bond donors (Lipinski definition) is 2. The molecule has 3 N–H and O–H groups in total. The maximum absolute atomic E-state index is 13.0. The summed E-state index contributed by atoms with van der Waals surface area (Å²) in [4.78, 5) is 22.4. The van der Waals surface area contributed by atoms with Crippen LogP contribution in [0.15, 0.2) is 53.6 Å². The fourth-order valence-electron chi connectivity index (χ4n) is 3.40. The molecule has 4 aromatic rings. The van der Waals surface area contributed by atoms with Gasteiger partial charge < -0.3 is 15.8 Å². The van der Waals surface area contributed by atoms with E-state index in [2.05, 4.69) is 29.2 Å². The Morgan fingerprint density at radius 1 is 1.19 bits per heavy atom. The molecule has 0 unspecified atom stereocenters. The van der Waals surface area contributed by atoms with Crippen molar-refractivity contribution in [2.24, 2.45) is 11.0 Å². The SMILES string of the molecule is COc1cccc(/C=N\n2c(N)c(C(=O)NCCC(C)C)c3nc4ccccc4nc32)c1. The minimum Gasteiger partial charge on any atom is -0.497 e. The number of carbonyl (C=O) groups excluding carboxylic acids is 1. The maximum atomic E-state index is 13.0. The van der Waals surface area contributed by atoms with Gasteiger partial charge in [-0.05, 0) is 42.2 Å². The van der Waals surface area contributed by atoms with Crippen LogP contribution in [0.3, 0.4) is 0 Å². The summed E-state index contributed by atoms with van der Waals surface area (Å²) in [6.07, 6.45) is 2.52. The van der Waals surface area contributed by atoms with Gasteiger partial charge in [-0.3, -0.25) is 4.79 Å². The van der Waals surface area contributed by atoms with E-state index in [4.69, 9.17) is 15.5 Å². The van der Waals surface area contributed by atoms with Gasteiger partial charge in [-0.15, -0.1) is 0 Å². The van der Waals surface area contributed by atoms with E-state index in [-0.39, 0.29) is 17.3 Å². The highest BCUT2D eigenvalue weighted by atomic mass is 16.5. The average Bonchev–Trinajstić information content (AvgIpc) is 3.06. The van der Waals surface area contributed by atoms with E-state index >= 15 is 0 Å². The van der Waals surface area contributed by atoms with Gasteiger partial charge in [-0.25, -0.2) is 9.97 Å². The number of nitrogen functional groups attached to an aromatic ring is 1. The van der Waals surface area contributed by atoms with Crippen LogP contribution in [-0.4, -0.2) is 40.4 Å². The normalized spacial score (nSPS) is 11.6. The summed E-state index contributed by atoms with van der Waals surface area (Å²) >= 11 is 0. The van der Waals surface area contributed by atoms with Gasteiger partial charge in [-0.2, -0.15) is 9.78 Å². The van der Waals surface area contributed by atoms with Crippen LogP contribution in [0.25, 0.3) is 22.2 Å². The number of nitrogens with two attached hydrogens (primary N) is 1. The number of anilines is 1. The summed E-state index contributed by atoms with van der Waals surface area (Å²) in [5.41, 5.74) is 9.75. The van der Waals surface area contributed by atoms with E-state index < -0.39 is 0 Å². The van der Waals surface area contributed by atoms with Crippen molar-refractivity contribution in [1.29, 1.82) is 0 Å². The van der Waals surface area contributed by atoms with E-state index in [9.17, 15) is 4.79 Å². The molecule has 2 aromatic carbocycles. The van der Waals surface area contributed by atoms with Crippen LogP contribution in [0.4, 0.5) is 5.82 Å². The predicted octanol–water partition coefficient (Wildman–Crippen LogP) is 3.83. The Hall–Kier alpha value is -3.94. The molecular formula is C24H26N6O2. The van der Waals surface area contributed by atoms with Crippen molar-refractivity contribution in [3.05, 3.63) is 59.7 Å². The summed E-state index contributed by atoms with van der Waals surface area (Å²) in [5, 5.41) is 7.47. The van der Waals surface area contributed by atoms with Crippen LogP contribution < -0.4 is 15.8 Å². The Morgan fingerprint density at radius 2 is 1.94 bits per heavy atom. The first-order valence-electron chi connectivity index (χ1n) is 10.5. The molecule has 1 amide bonds. The van der Waals surface area contributed by atoms with Gasteiger partial charge >= 0.3 is 0 Å². The van der Waals surface area contributed by atoms with Crippen LogP contribution in [0.5, 0.6) is 5.75 Å². The largest absolute Gasteiger partial charge is 0.497 e. The van der Waals surface area contributed by atoms with Crippen molar-refractivity contribution < 1.29 is 9.53 Å². The quantitative estimate of drug-likeness (QED) is 0.433. The molecule has 0 spiro atoms. The Morgan fingerprint density at radius 3 is 2.66 bits per heavy atom. The number of methoxy groups -OCH3 is 1. The summed E-state index contributed by atoms with van der Waals surface area (Å²) in [6.45, 7) is 4.77. The fourth-order valence-corrected chi connectivity index (χ4v) is 3.40. The van der Waals surface area contributed by atoms with E-state index in [1.807, 2.05) is 48.5 Å². The number of fused-ring (bicyclic) bond motifs is 2. The first kappa shape index (κ1) is 21.3. The van der Waals surface area contributed by atoms with E-state index in [1.165, 1.54) is 4.68 Å². The van der Waals surface area contributed by atoms with Crippen LogP contribution in [-0.2, 0) is 0 Å². The number of rotatable bonds is 7. The van der Waals surface area contributed by atoms with Crippen molar-refractivity contribution in [2.75, 3.05) is 19.4 Å². The van der Waals surface area contributed by atoms with Crippen LogP contribution >= 0.6 is 0 Å². The Bertz CT molecular complexity index is 1310. The van der Waals surface area contributed by atoms with Crippen molar-refractivity contribution in [3.8, 4) is 5.75 Å². The van der Waals surface area contributed by atoms with Crippen LogP contribution in [0.1, 0.15) is 36.2 Å². The molecule has 0 aliphatic rings. The van der Waals surface area contributed by atoms with E-state index in [1.54, 1.807) is 13.3 Å². The molecule has 8 nitrogen and oxygen atoms in total. The molecule has 4 rings (SSSR count). The zero-order chi connectivity index (χ0) is 22.7. The van der Waals surface area contributed by atoms with Gasteiger partial charge in [0, 0.05) is 6.54 Å². The number of benzene rings is 2. The zero-order valence-corrected chi connectivity index (χ0v) is 18.4. The van der Waals surface area contributed by atoms with Crippen LogP contribution in [0.2, 0.25) is 0 Å². The second-order valence-electron chi connectivity index (χ2n) is 7.92. The third-order valence-corrected chi connectivity index (χ3v) is 5.12. The molecule has 0 saturated heterocycles. The van der Waals surface area contributed by atoms with E-state index in [0.717, 1.165) is 17.7 Å². The van der Waals surface area contributed by atoms with Crippen molar-refractivity contribution in [2.45, 2.75) is 20.3 Å². The molecule has 0 atom stereocenters. The minimum absolute atomic E-state index is 0.191. The molecule has 0 aliphatic heterocycles. The number of carbonyl (C=O) groups is 1. The molecule has 0 fully saturated rings. The van der Waals surface area contributed by atoms with Crippen molar-refractivity contribution >= 4 is 40.1 Å². The molecule has 8 heteroatoms. The summed E-state index contributed by atoms with van der Waals surface area (Å²) in [5.74, 6) is 1.10. The molecule has 164 valence electrons. The predicted molar refractivity (Wildman–Crippen MR) is 127 cm³/mol. The molecule has 2 heterocycles. The van der Waals surface area contributed by atoms with Crippen LogP contribution in [0, 0.1) is 5.92 Å². The second-order valence-corrected chi connectivity index (χ2v) is 7.92.